The fraction of sp³-hybridized carbons (Fsp3) is 0. The molecule has 0 saturated carbocycles. The molecule has 0 aliphatic heterocycles. The molecule has 7 aromatic carbocycles. The molecule has 0 radical (unpaired) electrons. The molecule has 5 heteroatoms. The molecule has 0 spiro atoms. The largest absolute Gasteiger partial charge is 0.456 e. The molecular formula is C43H25N3O2. The van der Waals surface area contributed by atoms with E-state index in [0.29, 0.717) is 44.2 Å². The highest BCUT2D eigenvalue weighted by Gasteiger charge is 2.20. The average molecular weight is 625 g/mol. The summed E-state index contributed by atoms with van der Waals surface area (Å²) in [6.45, 7) is 0. The summed E-state index contributed by atoms with van der Waals surface area (Å²) in [7, 11) is 0. The van der Waals surface area contributed by atoms with Gasteiger partial charge in [0, 0.05) is 38.2 Å². The first-order chi connectivity index (χ1) is 27.5. The number of fused-ring (bicyclic) bond motifs is 7. The third-order valence-corrected chi connectivity index (χ3v) is 8.53. The average Bonchev–Trinajstić information content (AvgIpc) is 3.77. The predicted octanol–water partition coefficient (Wildman–Crippen LogP) is 11.5. The summed E-state index contributed by atoms with van der Waals surface area (Å²) in [5.41, 5.74) is 3.18. The van der Waals surface area contributed by atoms with Crippen molar-refractivity contribution in [2.45, 2.75) is 0 Å². The van der Waals surface area contributed by atoms with Crippen LogP contribution >= 0.6 is 0 Å². The molecular weight excluding hydrogens is 590 g/mol. The summed E-state index contributed by atoms with van der Waals surface area (Å²) in [4.78, 5) is 14.8. The van der Waals surface area contributed by atoms with E-state index in [0.717, 1.165) is 10.8 Å². The van der Waals surface area contributed by atoms with Crippen molar-refractivity contribution in [1.29, 1.82) is 0 Å². The van der Waals surface area contributed by atoms with Gasteiger partial charge in [-0.05, 0) is 46.1 Å². The van der Waals surface area contributed by atoms with E-state index in [1.807, 2.05) is 66.7 Å². The Morgan fingerprint density at radius 2 is 0.979 bits per heavy atom. The standard InChI is InChI=1S/C43H25N3O2/c1-2-12-26(13-3-1)41-44-42(46-43(45-41)34-21-11-25-38-40(34)33-15-5-7-23-36(33)48-38)31-20-9-16-27-28(17-8-18-29(27)31)30-19-10-24-37-39(30)32-14-4-6-22-35(32)47-37/h1-25H/i4D,5D,7D,19D,21D,22D,23D,24D,25D. The number of furan rings is 2. The Morgan fingerprint density at radius 1 is 0.375 bits per heavy atom. The zero-order valence-corrected chi connectivity index (χ0v) is 24.9. The minimum atomic E-state index is -0.318. The van der Waals surface area contributed by atoms with E-state index in [4.69, 9.17) is 36.1 Å². The van der Waals surface area contributed by atoms with Gasteiger partial charge in [-0.3, -0.25) is 0 Å². The Labute approximate surface area is 287 Å². The predicted molar refractivity (Wildman–Crippen MR) is 194 cm³/mol. The molecule has 3 aromatic heterocycles. The lowest BCUT2D eigenvalue weighted by molar-refractivity contribution is 0.668. The van der Waals surface area contributed by atoms with Crippen LogP contribution in [0.4, 0.5) is 0 Å². The maximum absolute atomic E-state index is 9.12. The lowest BCUT2D eigenvalue weighted by Gasteiger charge is -2.13. The van der Waals surface area contributed by atoms with E-state index in [2.05, 4.69) is 0 Å². The van der Waals surface area contributed by atoms with Gasteiger partial charge in [-0.2, -0.15) is 0 Å². The number of rotatable bonds is 4. The summed E-state index contributed by atoms with van der Waals surface area (Å²) in [6.07, 6.45) is 0. The highest BCUT2D eigenvalue weighted by molar-refractivity contribution is 6.16. The van der Waals surface area contributed by atoms with E-state index in [9.17, 15) is 0 Å². The SMILES string of the molecule is [2H]c1cc([2H])c2oc3c([2H])cc([2H])c(-c4cccc5c(-c6nc(-c7ccccc7)nc(-c7c([2H])cc([2H])c8oc9c([2H])c([2H])c([2H])cc9c78)n6)cccc45)c3c2c1. The van der Waals surface area contributed by atoms with Gasteiger partial charge in [0.05, 0.1) is 12.3 Å². The molecule has 0 N–H and O–H groups in total. The number of benzene rings is 7. The quantitative estimate of drug-likeness (QED) is 0.195. The lowest BCUT2D eigenvalue weighted by atomic mass is 9.93. The topological polar surface area (TPSA) is 65.0 Å². The Bertz CT molecular complexity index is 3360. The molecule has 0 fully saturated rings. The first-order valence-electron chi connectivity index (χ1n) is 19.7. The second-order valence-corrected chi connectivity index (χ2v) is 11.2. The van der Waals surface area contributed by atoms with E-state index in [1.165, 1.54) is 24.3 Å². The summed E-state index contributed by atoms with van der Waals surface area (Å²) < 4.78 is 89.5. The van der Waals surface area contributed by atoms with Gasteiger partial charge in [0.2, 0.25) is 0 Å². The molecule has 0 aliphatic rings. The number of para-hydroxylation sites is 2. The van der Waals surface area contributed by atoms with Crippen molar-refractivity contribution < 1.29 is 21.2 Å². The summed E-state index contributed by atoms with van der Waals surface area (Å²) in [6, 6.07) is 26.8. The first kappa shape index (κ1) is 19.2. The molecule has 10 rings (SSSR count). The van der Waals surface area contributed by atoms with Gasteiger partial charge in [-0.15, -0.1) is 0 Å². The van der Waals surface area contributed by atoms with Crippen LogP contribution in [0.1, 0.15) is 12.3 Å². The van der Waals surface area contributed by atoms with Crippen LogP contribution in [0.25, 0.3) is 99.9 Å². The monoisotopic (exact) mass is 624 g/mol. The van der Waals surface area contributed by atoms with Gasteiger partial charge >= 0.3 is 0 Å². The summed E-state index contributed by atoms with van der Waals surface area (Å²) in [5, 5.41) is 2.97. The molecule has 0 unspecified atom stereocenters. The minimum absolute atomic E-state index is 0.00211. The van der Waals surface area contributed by atoms with Crippen LogP contribution < -0.4 is 0 Å². The molecule has 0 atom stereocenters. The fourth-order valence-electron chi connectivity index (χ4n) is 6.42. The second kappa shape index (κ2) is 10.5. The molecule has 0 bridgehead atoms. The number of nitrogens with zero attached hydrogens (tertiary/aromatic N) is 3. The zero-order chi connectivity index (χ0) is 39.4. The van der Waals surface area contributed by atoms with Gasteiger partial charge in [0.25, 0.3) is 0 Å². The van der Waals surface area contributed by atoms with Crippen LogP contribution in [0.15, 0.2) is 160 Å². The van der Waals surface area contributed by atoms with Crippen LogP contribution in [0.5, 0.6) is 0 Å². The Kier molecular flexibility index (Phi) is 4.18. The normalized spacial score (nSPS) is 14.4. The number of hydrogen-bond donors (Lipinski definition) is 0. The zero-order valence-electron chi connectivity index (χ0n) is 33.9. The van der Waals surface area contributed by atoms with Crippen LogP contribution in [-0.2, 0) is 0 Å². The smallest absolute Gasteiger partial charge is 0.164 e. The van der Waals surface area contributed by atoms with Crippen LogP contribution in [0, 0.1) is 0 Å². The second-order valence-electron chi connectivity index (χ2n) is 11.2. The van der Waals surface area contributed by atoms with Crippen molar-refractivity contribution in [1.82, 2.24) is 15.0 Å². The van der Waals surface area contributed by atoms with Crippen molar-refractivity contribution in [3.05, 3.63) is 151 Å². The van der Waals surface area contributed by atoms with Gasteiger partial charge < -0.3 is 8.83 Å². The fourth-order valence-corrected chi connectivity index (χ4v) is 6.42. The highest BCUT2D eigenvalue weighted by atomic mass is 16.3. The Morgan fingerprint density at radius 3 is 1.77 bits per heavy atom. The molecule has 224 valence electrons. The van der Waals surface area contributed by atoms with Crippen molar-refractivity contribution >= 4 is 54.6 Å². The molecule has 0 amide bonds. The van der Waals surface area contributed by atoms with Gasteiger partial charge in [-0.25, -0.2) is 15.0 Å². The van der Waals surface area contributed by atoms with E-state index >= 15 is 0 Å². The number of hydrogen-bond acceptors (Lipinski definition) is 5. The van der Waals surface area contributed by atoms with Crippen molar-refractivity contribution in [3.63, 3.8) is 0 Å². The molecule has 10 aromatic rings. The number of aromatic nitrogens is 3. The molecule has 0 aliphatic carbocycles. The maximum Gasteiger partial charge on any atom is 0.164 e. The van der Waals surface area contributed by atoms with E-state index < -0.39 is 0 Å². The third-order valence-electron chi connectivity index (χ3n) is 8.53. The van der Waals surface area contributed by atoms with Crippen LogP contribution in [0.2, 0.25) is 0 Å². The van der Waals surface area contributed by atoms with E-state index in [1.54, 1.807) is 6.07 Å². The Balaban J connectivity index is 1.27. The summed E-state index contributed by atoms with van der Waals surface area (Å²) >= 11 is 0. The third kappa shape index (κ3) is 4.08. The lowest BCUT2D eigenvalue weighted by Crippen LogP contribution is -2.01. The molecule has 5 nitrogen and oxygen atoms in total. The first-order valence-corrected chi connectivity index (χ1v) is 15.2. The molecule has 3 heterocycles. The minimum Gasteiger partial charge on any atom is -0.456 e. The Hall–Kier alpha value is -6.59. The highest BCUT2D eigenvalue weighted by Crippen LogP contribution is 2.41. The summed E-state index contributed by atoms with van der Waals surface area (Å²) in [5.74, 6) is 0.663. The van der Waals surface area contributed by atoms with Gasteiger partial charge in [0.15, 0.2) is 17.5 Å². The van der Waals surface area contributed by atoms with E-state index in [-0.39, 0.29) is 99.3 Å². The maximum atomic E-state index is 9.12. The molecule has 48 heavy (non-hydrogen) atoms. The van der Waals surface area contributed by atoms with Gasteiger partial charge in [0.1, 0.15) is 22.3 Å². The van der Waals surface area contributed by atoms with Crippen molar-refractivity contribution in [2.75, 3.05) is 0 Å². The van der Waals surface area contributed by atoms with Crippen LogP contribution in [0.3, 0.4) is 0 Å². The molecule has 0 saturated heterocycles. The van der Waals surface area contributed by atoms with Gasteiger partial charge in [-0.1, -0.05) is 127 Å². The van der Waals surface area contributed by atoms with Crippen molar-refractivity contribution in [3.8, 4) is 45.3 Å². The van der Waals surface area contributed by atoms with Crippen molar-refractivity contribution in [2.24, 2.45) is 0 Å². The van der Waals surface area contributed by atoms with Crippen LogP contribution in [-0.4, -0.2) is 15.0 Å².